The third-order valence-corrected chi connectivity index (χ3v) is 2.73. The number of hydrazone groups is 1. The van der Waals surface area contributed by atoms with Crippen LogP contribution in [0.2, 0.25) is 0 Å². The zero-order valence-corrected chi connectivity index (χ0v) is 11.6. The van der Waals surface area contributed by atoms with Crippen LogP contribution in [-0.4, -0.2) is 11.1 Å². The van der Waals surface area contributed by atoms with Gasteiger partial charge in [-0.05, 0) is 30.2 Å². The zero-order chi connectivity index (χ0) is 15.1. The first-order valence-electron chi connectivity index (χ1n) is 6.42. The van der Waals surface area contributed by atoms with Gasteiger partial charge in [0, 0.05) is 12.1 Å². The summed E-state index contributed by atoms with van der Waals surface area (Å²) in [6.07, 6.45) is 3.72. The molecule has 0 aliphatic rings. The minimum absolute atomic E-state index is 0.0599. The highest BCUT2D eigenvalue weighted by Gasteiger charge is 2.02. The van der Waals surface area contributed by atoms with Crippen LogP contribution in [0.5, 0.6) is 0 Å². The Hall–Kier alpha value is -2.95. The lowest BCUT2D eigenvalue weighted by atomic mass is 10.1. The maximum atomic E-state index is 10.5. The van der Waals surface area contributed by atoms with Crippen LogP contribution in [0.4, 0.5) is 11.4 Å². The molecule has 0 spiro atoms. The van der Waals surface area contributed by atoms with Gasteiger partial charge in [0.15, 0.2) is 0 Å². The van der Waals surface area contributed by atoms with E-state index in [-0.39, 0.29) is 5.69 Å². The van der Waals surface area contributed by atoms with Crippen molar-refractivity contribution < 1.29 is 4.92 Å². The number of nitro groups is 1. The molecule has 106 valence electrons. The van der Waals surface area contributed by atoms with Crippen molar-refractivity contribution in [1.29, 1.82) is 0 Å². The molecule has 0 unspecified atom stereocenters. The Bertz CT molecular complexity index is 662. The van der Waals surface area contributed by atoms with Crippen molar-refractivity contribution in [2.24, 2.45) is 5.10 Å². The molecule has 0 aliphatic carbocycles. The normalized spacial score (nSPS) is 11.6. The molecule has 2 aromatic rings. The summed E-state index contributed by atoms with van der Waals surface area (Å²) >= 11 is 0. The number of nitrogens with zero attached hydrogens (tertiary/aromatic N) is 2. The Morgan fingerprint density at radius 3 is 2.43 bits per heavy atom. The van der Waals surface area contributed by atoms with Crippen molar-refractivity contribution in [2.75, 3.05) is 5.43 Å². The second kappa shape index (κ2) is 7.00. The lowest BCUT2D eigenvalue weighted by Crippen LogP contribution is -1.91. The summed E-state index contributed by atoms with van der Waals surface area (Å²) < 4.78 is 0. The Balaban J connectivity index is 1.95. The first-order valence-corrected chi connectivity index (χ1v) is 6.42. The van der Waals surface area contributed by atoms with E-state index in [0.29, 0.717) is 5.69 Å². The van der Waals surface area contributed by atoms with Gasteiger partial charge in [-0.1, -0.05) is 36.4 Å². The summed E-state index contributed by atoms with van der Waals surface area (Å²) in [5.74, 6) is 0. The molecule has 0 saturated heterocycles. The molecule has 0 fully saturated rings. The summed E-state index contributed by atoms with van der Waals surface area (Å²) in [4.78, 5) is 10.1. The first kappa shape index (κ1) is 14.5. The van der Waals surface area contributed by atoms with Crippen LogP contribution in [0.3, 0.4) is 0 Å². The number of hydrogen-bond acceptors (Lipinski definition) is 4. The molecule has 0 atom stereocenters. The summed E-state index contributed by atoms with van der Waals surface area (Å²) in [6, 6.07) is 16.1. The van der Waals surface area contributed by atoms with E-state index in [9.17, 15) is 10.1 Å². The topological polar surface area (TPSA) is 67.5 Å². The molecule has 2 aromatic carbocycles. The van der Waals surface area contributed by atoms with E-state index >= 15 is 0 Å². The van der Waals surface area contributed by atoms with Crippen LogP contribution >= 0.6 is 0 Å². The average molecular weight is 281 g/mol. The van der Waals surface area contributed by atoms with Crippen molar-refractivity contribution in [1.82, 2.24) is 0 Å². The quantitative estimate of drug-likeness (QED) is 0.509. The van der Waals surface area contributed by atoms with E-state index in [1.54, 1.807) is 18.3 Å². The van der Waals surface area contributed by atoms with Crippen molar-refractivity contribution in [2.45, 2.75) is 6.92 Å². The maximum absolute atomic E-state index is 10.5. The summed E-state index contributed by atoms with van der Waals surface area (Å²) in [5, 5.41) is 14.6. The Kier molecular flexibility index (Phi) is 4.82. The fraction of sp³-hybridized carbons (Fsp3) is 0.0625. The smallest absolute Gasteiger partial charge is 0.269 e. The number of anilines is 1. The van der Waals surface area contributed by atoms with Crippen LogP contribution in [0.1, 0.15) is 12.5 Å². The molecule has 0 aromatic heterocycles. The minimum Gasteiger partial charge on any atom is -0.279 e. The van der Waals surface area contributed by atoms with Crippen molar-refractivity contribution in [3.8, 4) is 0 Å². The molecule has 0 amide bonds. The van der Waals surface area contributed by atoms with Crippen LogP contribution in [0, 0.1) is 10.1 Å². The second-order valence-electron chi connectivity index (χ2n) is 4.47. The number of non-ortho nitro benzene ring substituents is 1. The van der Waals surface area contributed by atoms with Gasteiger partial charge in [-0.15, -0.1) is 0 Å². The number of hydrogen-bond donors (Lipinski definition) is 1. The molecular weight excluding hydrogens is 266 g/mol. The van der Waals surface area contributed by atoms with Crippen molar-refractivity contribution in [3.05, 3.63) is 75.8 Å². The molecule has 2 rings (SSSR count). The number of rotatable bonds is 5. The van der Waals surface area contributed by atoms with Gasteiger partial charge in [0.1, 0.15) is 0 Å². The monoisotopic (exact) mass is 281 g/mol. The third-order valence-electron chi connectivity index (χ3n) is 2.73. The Morgan fingerprint density at radius 2 is 1.81 bits per heavy atom. The molecule has 0 aliphatic heterocycles. The van der Waals surface area contributed by atoms with Crippen LogP contribution in [0.25, 0.3) is 6.08 Å². The molecule has 0 saturated carbocycles. The van der Waals surface area contributed by atoms with Gasteiger partial charge >= 0.3 is 0 Å². The van der Waals surface area contributed by atoms with Crippen LogP contribution in [0.15, 0.2) is 65.3 Å². The lowest BCUT2D eigenvalue weighted by Gasteiger charge is -1.99. The minimum atomic E-state index is -0.431. The zero-order valence-electron chi connectivity index (χ0n) is 11.6. The fourth-order valence-corrected chi connectivity index (χ4v) is 1.72. The molecule has 5 nitrogen and oxygen atoms in total. The molecule has 0 heterocycles. The largest absolute Gasteiger partial charge is 0.279 e. The van der Waals surface area contributed by atoms with Gasteiger partial charge in [-0.25, -0.2) is 0 Å². The Morgan fingerprint density at radius 1 is 1.14 bits per heavy atom. The number of allylic oxidation sites excluding steroid dienone is 1. The van der Waals surface area contributed by atoms with Gasteiger partial charge in [0.2, 0.25) is 0 Å². The van der Waals surface area contributed by atoms with E-state index in [4.69, 9.17) is 0 Å². The molecule has 1 N–H and O–H groups in total. The first-order chi connectivity index (χ1) is 10.1. The highest BCUT2D eigenvalue weighted by Crippen LogP contribution is 2.15. The van der Waals surface area contributed by atoms with Crippen molar-refractivity contribution >= 4 is 23.7 Å². The molecule has 0 bridgehead atoms. The average Bonchev–Trinajstić information content (AvgIpc) is 2.49. The predicted molar refractivity (Wildman–Crippen MR) is 85.3 cm³/mol. The van der Waals surface area contributed by atoms with Gasteiger partial charge in [-0.3, -0.25) is 15.5 Å². The summed E-state index contributed by atoms with van der Waals surface area (Å²) in [6.45, 7) is 1.95. The Labute approximate surface area is 122 Å². The molecule has 5 heteroatoms. The van der Waals surface area contributed by atoms with Crippen molar-refractivity contribution in [3.63, 3.8) is 0 Å². The highest BCUT2D eigenvalue weighted by molar-refractivity contribution is 5.85. The standard InChI is InChI=1S/C16H15N3O2/c1-13(11-14-5-3-2-4-6-14)12-17-18-15-7-9-16(10-8-15)19(20)21/h2-12,18H,1H3/b13-11+,17-12-. The maximum Gasteiger partial charge on any atom is 0.269 e. The second-order valence-corrected chi connectivity index (χ2v) is 4.47. The van der Waals surface area contributed by atoms with Gasteiger partial charge in [-0.2, -0.15) is 5.10 Å². The molecule has 21 heavy (non-hydrogen) atoms. The summed E-state index contributed by atoms with van der Waals surface area (Å²) in [5.41, 5.74) is 5.70. The van der Waals surface area contributed by atoms with E-state index in [2.05, 4.69) is 10.5 Å². The van der Waals surface area contributed by atoms with Gasteiger partial charge in [0.25, 0.3) is 5.69 Å². The predicted octanol–water partition coefficient (Wildman–Crippen LogP) is 4.10. The van der Waals surface area contributed by atoms with E-state index in [1.165, 1.54) is 12.1 Å². The van der Waals surface area contributed by atoms with E-state index < -0.39 is 4.92 Å². The van der Waals surface area contributed by atoms with Crippen LogP contribution in [-0.2, 0) is 0 Å². The molecule has 0 radical (unpaired) electrons. The van der Waals surface area contributed by atoms with E-state index in [0.717, 1.165) is 11.1 Å². The fourth-order valence-electron chi connectivity index (χ4n) is 1.72. The van der Waals surface area contributed by atoms with Gasteiger partial charge < -0.3 is 0 Å². The number of nitro benzene ring substituents is 1. The van der Waals surface area contributed by atoms with Crippen LogP contribution < -0.4 is 5.43 Å². The lowest BCUT2D eigenvalue weighted by molar-refractivity contribution is -0.384. The highest BCUT2D eigenvalue weighted by atomic mass is 16.6. The van der Waals surface area contributed by atoms with E-state index in [1.807, 2.05) is 43.3 Å². The molecular formula is C16H15N3O2. The number of nitrogens with one attached hydrogen (secondary N) is 1. The third kappa shape index (κ3) is 4.58. The SMILES string of the molecule is CC(/C=N\Nc1ccc([N+](=O)[O-])cc1)=C\c1ccccc1. The number of benzene rings is 2. The van der Waals surface area contributed by atoms with Gasteiger partial charge in [0.05, 0.1) is 16.8 Å². The summed E-state index contributed by atoms with van der Waals surface area (Å²) in [7, 11) is 0.